The van der Waals surface area contributed by atoms with Gasteiger partial charge in [0.2, 0.25) is 0 Å². The number of phenols is 1. The maximum Gasteiger partial charge on any atom is 0.257 e. The summed E-state index contributed by atoms with van der Waals surface area (Å²) in [7, 11) is 0. The standard InChI is InChI=1S/C22H20FN3O2/c1-11(9-24)13-3-5-14(6-4-13)17-18-15-7-8-25-10-16(15)22(28)26-20(18)12(2)19(23)21(17)27/h3-8,10-11,27H,9,24H2,1-2H3,(H,26,28). The number of pyridine rings is 2. The lowest BCUT2D eigenvalue weighted by atomic mass is 9.92. The number of nitrogens with zero attached hydrogens (tertiary/aromatic N) is 1. The molecule has 0 spiro atoms. The number of aromatic hydroxyl groups is 1. The number of aromatic amines is 1. The normalized spacial score (nSPS) is 12.6. The largest absolute Gasteiger partial charge is 0.504 e. The van der Waals surface area contributed by atoms with Gasteiger partial charge in [-0.05, 0) is 36.6 Å². The number of rotatable bonds is 3. The van der Waals surface area contributed by atoms with Gasteiger partial charge in [0.25, 0.3) is 5.56 Å². The number of fused-ring (bicyclic) bond motifs is 3. The lowest BCUT2D eigenvalue weighted by Gasteiger charge is -2.16. The van der Waals surface area contributed by atoms with E-state index in [4.69, 9.17) is 5.73 Å². The van der Waals surface area contributed by atoms with Crippen molar-refractivity contribution in [3.8, 4) is 16.9 Å². The van der Waals surface area contributed by atoms with Gasteiger partial charge in [-0.25, -0.2) is 4.39 Å². The fraction of sp³-hybridized carbons (Fsp3) is 0.182. The highest BCUT2D eigenvalue weighted by Crippen LogP contribution is 2.42. The van der Waals surface area contributed by atoms with Crippen LogP contribution in [0.4, 0.5) is 4.39 Å². The molecule has 0 saturated heterocycles. The molecule has 0 fully saturated rings. The van der Waals surface area contributed by atoms with E-state index in [1.54, 1.807) is 12.3 Å². The van der Waals surface area contributed by atoms with Crippen molar-refractivity contribution in [2.24, 2.45) is 5.73 Å². The Morgan fingerprint density at radius 1 is 1.21 bits per heavy atom. The minimum absolute atomic E-state index is 0.192. The first-order valence-corrected chi connectivity index (χ1v) is 9.05. The maximum atomic E-state index is 14.8. The van der Waals surface area contributed by atoms with E-state index < -0.39 is 11.6 Å². The molecule has 0 radical (unpaired) electrons. The molecular formula is C22H20FN3O2. The van der Waals surface area contributed by atoms with Crippen LogP contribution in [0.25, 0.3) is 32.8 Å². The molecule has 0 bridgehead atoms. The van der Waals surface area contributed by atoms with Crippen LogP contribution < -0.4 is 11.3 Å². The minimum atomic E-state index is -0.744. The average Bonchev–Trinajstić information content (AvgIpc) is 2.73. The second-order valence-corrected chi connectivity index (χ2v) is 7.05. The van der Waals surface area contributed by atoms with Crippen LogP contribution in [-0.4, -0.2) is 21.6 Å². The second kappa shape index (κ2) is 6.73. The molecule has 0 aliphatic heterocycles. The van der Waals surface area contributed by atoms with E-state index in [1.165, 1.54) is 13.1 Å². The number of benzene rings is 2. The van der Waals surface area contributed by atoms with Crippen molar-refractivity contribution in [1.29, 1.82) is 0 Å². The van der Waals surface area contributed by atoms with Crippen LogP contribution in [0, 0.1) is 12.7 Å². The zero-order valence-electron chi connectivity index (χ0n) is 15.6. The molecule has 0 saturated carbocycles. The van der Waals surface area contributed by atoms with Crippen molar-refractivity contribution in [2.45, 2.75) is 19.8 Å². The van der Waals surface area contributed by atoms with Gasteiger partial charge in [-0.15, -0.1) is 0 Å². The maximum absolute atomic E-state index is 14.8. The highest BCUT2D eigenvalue weighted by atomic mass is 19.1. The van der Waals surface area contributed by atoms with Crippen LogP contribution in [0.5, 0.6) is 5.75 Å². The number of aromatic nitrogens is 2. The number of hydrogen-bond donors (Lipinski definition) is 3. The van der Waals surface area contributed by atoms with E-state index in [0.29, 0.717) is 39.3 Å². The van der Waals surface area contributed by atoms with Gasteiger partial charge in [0.05, 0.1) is 10.9 Å². The van der Waals surface area contributed by atoms with Crippen LogP contribution in [0.15, 0.2) is 47.5 Å². The fourth-order valence-electron chi connectivity index (χ4n) is 3.62. The highest BCUT2D eigenvalue weighted by Gasteiger charge is 2.21. The number of aryl methyl sites for hydroxylation is 1. The molecule has 4 aromatic rings. The van der Waals surface area contributed by atoms with Crippen LogP contribution in [-0.2, 0) is 0 Å². The van der Waals surface area contributed by atoms with Crippen molar-refractivity contribution in [1.82, 2.24) is 9.97 Å². The van der Waals surface area contributed by atoms with E-state index in [1.807, 2.05) is 31.2 Å². The Kier molecular flexibility index (Phi) is 4.35. The molecule has 2 heterocycles. The smallest absolute Gasteiger partial charge is 0.257 e. The number of hydrogen-bond acceptors (Lipinski definition) is 4. The Hall–Kier alpha value is -3.25. The quantitative estimate of drug-likeness (QED) is 0.471. The summed E-state index contributed by atoms with van der Waals surface area (Å²) >= 11 is 0. The monoisotopic (exact) mass is 377 g/mol. The minimum Gasteiger partial charge on any atom is -0.504 e. The van der Waals surface area contributed by atoms with Crippen LogP contribution in [0.1, 0.15) is 24.0 Å². The van der Waals surface area contributed by atoms with Gasteiger partial charge in [0.1, 0.15) is 0 Å². The van der Waals surface area contributed by atoms with Crippen LogP contribution >= 0.6 is 0 Å². The van der Waals surface area contributed by atoms with Gasteiger partial charge in [-0.3, -0.25) is 9.78 Å². The molecule has 5 nitrogen and oxygen atoms in total. The summed E-state index contributed by atoms with van der Waals surface area (Å²) in [5, 5.41) is 12.3. The molecule has 28 heavy (non-hydrogen) atoms. The lowest BCUT2D eigenvalue weighted by molar-refractivity contribution is 0.433. The molecule has 0 aliphatic rings. The van der Waals surface area contributed by atoms with Gasteiger partial charge >= 0.3 is 0 Å². The third-order valence-electron chi connectivity index (χ3n) is 5.34. The average molecular weight is 377 g/mol. The highest BCUT2D eigenvalue weighted by molar-refractivity contribution is 6.14. The van der Waals surface area contributed by atoms with E-state index in [0.717, 1.165) is 5.56 Å². The van der Waals surface area contributed by atoms with Crippen LogP contribution in [0.3, 0.4) is 0 Å². The lowest BCUT2D eigenvalue weighted by Crippen LogP contribution is -2.09. The first kappa shape index (κ1) is 18.1. The first-order valence-electron chi connectivity index (χ1n) is 9.05. The SMILES string of the molecule is Cc1c(F)c(O)c(-c2ccc(C(C)CN)cc2)c2c1[nH]c(=O)c1cnccc12. The molecule has 2 aromatic carbocycles. The Labute approximate surface area is 160 Å². The van der Waals surface area contributed by atoms with Crippen molar-refractivity contribution in [3.63, 3.8) is 0 Å². The summed E-state index contributed by atoms with van der Waals surface area (Å²) in [5.74, 6) is -0.988. The van der Waals surface area contributed by atoms with Gasteiger partial charge in [-0.1, -0.05) is 31.2 Å². The number of phenolic OH excluding ortho intramolecular Hbond substituents is 1. The zero-order valence-corrected chi connectivity index (χ0v) is 15.6. The van der Waals surface area contributed by atoms with E-state index in [9.17, 15) is 14.3 Å². The zero-order chi connectivity index (χ0) is 20.0. The summed E-state index contributed by atoms with van der Waals surface area (Å²) in [5.41, 5.74) is 8.01. The Morgan fingerprint density at radius 2 is 1.93 bits per heavy atom. The van der Waals surface area contributed by atoms with Crippen molar-refractivity contribution in [2.75, 3.05) is 6.54 Å². The predicted octanol–water partition coefficient (Wildman–Crippen LogP) is 3.96. The van der Waals surface area contributed by atoms with Crippen molar-refractivity contribution < 1.29 is 9.50 Å². The molecule has 142 valence electrons. The Bertz CT molecular complexity index is 1260. The first-order chi connectivity index (χ1) is 13.4. The molecule has 2 aromatic heterocycles. The third-order valence-corrected chi connectivity index (χ3v) is 5.34. The molecule has 1 unspecified atom stereocenters. The summed E-state index contributed by atoms with van der Waals surface area (Å²) in [6.45, 7) is 4.08. The molecule has 1 atom stereocenters. The van der Waals surface area contributed by atoms with Crippen LogP contribution in [0.2, 0.25) is 0 Å². The fourth-order valence-corrected chi connectivity index (χ4v) is 3.62. The third kappa shape index (κ3) is 2.65. The molecule has 4 rings (SSSR count). The Morgan fingerprint density at radius 3 is 2.61 bits per heavy atom. The summed E-state index contributed by atoms with van der Waals surface area (Å²) < 4.78 is 14.8. The van der Waals surface area contributed by atoms with Crippen molar-refractivity contribution >= 4 is 21.7 Å². The summed E-state index contributed by atoms with van der Waals surface area (Å²) in [6.07, 6.45) is 3.05. The number of halogens is 1. The second-order valence-electron chi connectivity index (χ2n) is 7.05. The molecule has 6 heteroatoms. The molecular weight excluding hydrogens is 357 g/mol. The molecule has 4 N–H and O–H groups in total. The molecule has 0 amide bonds. The van der Waals surface area contributed by atoms with Gasteiger partial charge in [-0.2, -0.15) is 0 Å². The summed E-state index contributed by atoms with van der Waals surface area (Å²) in [6, 6.07) is 9.22. The van der Waals surface area contributed by atoms with Gasteiger partial charge in [0.15, 0.2) is 11.6 Å². The Balaban J connectivity index is 2.13. The van der Waals surface area contributed by atoms with Gasteiger partial charge in [0, 0.05) is 34.3 Å². The topological polar surface area (TPSA) is 92.0 Å². The van der Waals surface area contributed by atoms with Crippen molar-refractivity contribution in [3.05, 3.63) is 70.0 Å². The number of nitrogens with one attached hydrogen (secondary N) is 1. The van der Waals surface area contributed by atoms with E-state index >= 15 is 0 Å². The van der Waals surface area contributed by atoms with Gasteiger partial charge < -0.3 is 15.8 Å². The predicted molar refractivity (Wildman–Crippen MR) is 109 cm³/mol. The molecule has 0 aliphatic carbocycles. The van der Waals surface area contributed by atoms with E-state index in [2.05, 4.69) is 9.97 Å². The number of H-pyrrole nitrogens is 1. The number of nitrogens with two attached hydrogens (primary N) is 1. The summed E-state index contributed by atoms with van der Waals surface area (Å²) in [4.78, 5) is 19.2. The van der Waals surface area contributed by atoms with E-state index in [-0.39, 0.29) is 17.0 Å².